The fraction of sp³-hybridized carbons (Fsp3) is 0.0435. The largest absolute Gasteiger partial charge is 0.324 e. The molecule has 0 aromatic heterocycles. The predicted octanol–water partition coefficient (Wildman–Crippen LogP) is 5.72. The van der Waals surface area contributed by atoms with Crippen molar-refractivity contribution in [2.24, 2.45) is 0 Å². The zero-order chi connectivity index (χ0) is 20.5. The molecule has 0 aliphatic heterocycles. The fourth-order valence-electron chi connectivity index (χ4n) is 2.45. The van der Waals surface area contributed by atoms with E-state index in [-0.39, 0.29) is 17.6 Å². The van der Waals surface area contributed by atoms with Gasteiger partial charge in [0.2, 0.25) is 11.8 Å². The first kappa shape index (κ1) is 20.7. The summed E-state index contributed by atoms with van der Waals surface area (Å²) in [5, 5.41) is 6.11. The molecule has 3 aromatic rings. The van der Waals surface area contributed by atoms with Gasteiger partial charge in [0, 0.05) is 16.7 Å². The van der Waals surface area contributed by atoms with E-state index in [1.165, 1.54) is 17.8 Å². The van der Waals surface area contributed by atoms with Crippen LogP contribution in [0.3, 0.4) is 0 Å². The number of carbonyl (C=O) groups is 2. The van der Waals surface area contributed by atoms with E-state index in [1.807, 2.05) is 66.7 Å². The molecule has 0 heterocycles. The minimum Gasteiger partial charge on any atom is -0.324 e. The van der Waals surface area contributed by atoms with Crippen molar-refractivity contribution in [2.75, 3.05) is 16.4 Å². The van der Waals surface area contributed by atoms with Crippen LogP contribution in [0.15, 0.2) is 89.8 Å². The minimum absolute atomic E-state index is 0.133. The van der Waals surface area contributed by atoms with Crippen molar-refractivity contribution >= 4 is 52.6 Å². The fourth-order valence-corrected chi connectivity index (χ4v) is 3.33. The van der Waals surface area contributed by atoms with Gasteiger partial charge in [0.1, 0.15) is 0 Å². The number of benzene rings is 3. The third-order valence-electron chi connectivity index (χ3n) is 3.87. The molecule has 0 unspecified atom stereocenters. The highest BCUT2D eigenvalue weighted by Gasteiger charge is 2.06. The van der Waals surface area contributed by atoms with Gasteiger partial charge in [0.15, 0.2) is 0 Å². The van der Waals surface area contributed by atoms with Gasteiger partial charge in [-0.1, -0.05) is 54.1 Å². The Morgan fingerprint density at radius 3 is 2.28 bits per heavy atom. The summed E-state index contributed by atoms with van der Waals surface area (Å²) < 4.78 is 0. The third-order valence-corrected chi connectivity index (χ3v) is 5.21. The number of carbonyl (C=O) groups excluding carboxylic acids is 2. The summed E-state index contributed by atoms with van der Waals surface area (Å²) >= 11 is 7.45. The van der Waals surface area contributed by atoms with Crippen LogP contribution >= 0.6 is 23.4 Å². The molecular weight excluding hydrogens is 404 g/mol. The maximum atomic E-state index is 12.1. The summed E-state index contributed by atoms with van der Waals surface area (Å²) in [4.78, 5) is 25.0. The first-order valence-electron chi connectivity index (χ1n) is 8.91. The Hall–Kier alpha value is -3.02. The Labute approximate surface area is 179 Å². The molecule has 146 valence electrons. The maximum absolute atomic E-state index is 12.1. The maximum Gasteiger partial charge on any atom is 0.248 e. The van der Waals surface area contributed by atoms with Crippen LogP contribution in [-0.4, -0.2) is 17.6 Å². The lowest BCUT2D eigenvalue weighted by Crippen LogP contribution is -2.14. The number of nitrogens with one attached hydrogen (secondary N) is 2. The molecule has 3 rings (SSSR count). The second-order valence-electron chi connectivity index (χ2n) is 6.07. The summed E-state index contributed by atoms with van der Waals surface area (Å²) in [6, 6.07) is 24.1. The quantitative estimate of drug-likeness (QED) is 0.378. The molecule has 0 saturated carbocycles. The van der Waals surface area contributed by atoms with Crippen LogP contribution in [0.4, 0.5) is 11.4 Å². The van der Waals surface area contributed by atoms with E-state index in [0.29, 0.717) is 16.4 Å². The molecule has 0 aliphatic rings. The van der Waals surface area contributed by atoms with Crippen LogP contribution in [-0.2, 0) is 9.59 Å². The lowest BCUT2D eigenvalue weighted by molar-refractivity contribution is -0.114. The topological polar surface area (TPSA) is 58.2 Å². The smallest absolute Gasteiger partial charge is 0.248 e. The molecule has 0 spiro atoms. The standard InChI is InChI=1S/C23H19ClN2O2S/c24-20-8-4-5-9-21(20)26-23(28)16-29-19-13-11-18(12-14-19)25-22(27)15-10-17-6-2-1-3-7-17/h1-15H,16H2,(H,25,27)(H,26,28)/b15-10+. The van der Waals surface area contributed by atoms with E-state index in [4.69, 9.17) is 11.6 Å². The Bertz CT molecular complexity index is 1000. The highest BCUT2D eigenvalue weighted by atomic mass is 35.5. The molecule has 0 bridgehead atoms. The first-order valence-corrected chi connectivity index (χ1v) is 10.3. The highest BCUT2D eigenvalue weighted by Crippen LogP contribution is 2.23. The molecule has 6 heteroatoms. The predicted molar refractivity (Wildman–Crippen MR) is 121 cm³/mol. The van der Waals surface area contributed by atoms with Crippen LogP contribution in [0.5, 0.6) is 0 Å². The second-order valence-corrected chi connectivity index (χ2v) is 7.53. The van der Waals surface area contributed by atoms with Crippen molar-refractivity contribution in [3.8, 4) is 0 Å². The number of hydrogen-bond donors (Lipinski definition) is 2. The Kier molecular flexibility index (Phi) is 7.50. The van der Waals surface area contributed by atoms with Gasteiger partial charge in [-0.25, -0.2) is 0 Å². The number of anilines is 2. The van der Waals surface area contributed by atoms with E-state index in [0.717, 1.165) is 10.5 Å². The average molecular weight is 423 g/mol. The minimum atomic E-state index is -0.201. The van der Waals surface area contributed by atoms with Crippen molar-refractivity contribution in [3.63, 3.8) is 0 Å². The first-order chi connectivity index (χ1) is 14.1. The van der Waals surface area contributed by atoms with Gasteiger partial charge in [-0.15, -0.1) is 11.8 Å². The highest BCUT2D eigenvalue weighted by molar-refractivity contribution is 8.00. The lowest BCUT2D eigenvalue weighted by Gasteiger charge is -2.07. The Balaban J connectivity index is 1.47. The normalized spacial score (nSPS) is 10.7. The number of thioether (sulfide) groups is 1. The van der Waals surface area contributed by atoms with Crippen molar-refractivity contribution in [3.05, 3.63) is 95.5 Å². The number of hydrogen-bond acceptors (Lipinski definition) is 3. The zero-order valence-electron chi connectivity index (χ0n) is 15.5. The molecule has 0 aliphatic carbocycles. The summed E-state index contributed by atoms with van der Waals surface area (Å²) in [7, 11) is 0. The molecule has 3 aromatic carbocycles. The average Bonchev–Trinajstić information content (AvgIpc) is 2.74. The van der Waals surface area contributed by atoms with Gasteiger partial charge in [-0.2, -0.15) is 0 Å². The Morgan fingerprint density at radius 2 is 1.55 bits per heavy atom. The number of halogens is 1. The third kappa shape index (κ3) is 6.82. The zero-order valence-corrected chi connectivity index (χ0v) is 17.0. The molecule has 0 atom stereocenters. The van der Waals surface area contributed by atoms with Gasteiger partial charge >= 0.3 is 0 Å². The number of amides is 2. The molecule has 4 nitrogen and oxygen atoms in total. The molecule has 0 saturated heterocycles. The molecule has 0 radical (unpaired) electrons. The van der Waals surface area contributed by atoms with E-state index in [1.54, 1.807) is 18.2 Å². The number of para-hydroxylation sites is 1. The Morgan fingerprint density at radius 1 is 0.862 bits per heavy atom. The van der Waals surface area contributed by atoms with Crippen LogP contribution in [0.2, 0.25) is 5.02 Å². The van der Waals surface area contributed by atoms with Crippen LogP contribution in [0.1, 0.15) is 5.56 Å². The molecule has 2 amide bonds. The summed E-state index contributed by atoms with van der Waals surface area (Å²) in [6.45, 7) is 0. The van der Waals surface area contributed by atoms with Crippen molar-refractivity contribution in [1.29, 1.82) is 0 Å². The van der Waals surface area contributed by atoms with Crippen LogP contribution in [0, 0.1) is 0 Å². The molecular formula is C23H19ClN2O2S. The van der Waals surface area contributed by atoms with Gasteiger partial charge in [-0.05, 0) is 48.0 Å². The van der Waals surface area contributed by atoms with Crippen LogP contribution in [0.25, 0.3) is 6.08 Å². The molecule has 29 heavy (non-hydrogen) atoms. The molecule has 0 fully saturated rings. The number of rotatable bonds is 7. The summed E-state index contributed by atoms with van der Waals surface area (Å²) in [5.74, 6) is -0.0728. The summed E-state index contributed by atoms with van der Waals surface area (Å²) in [5.41, 5.74) is 2.25. The van der Waals surface area contributed by atoms with E-state index >= 15 is 0 Å². The summed E-state index contributed by atoms with van der Waals surface area (Å²) in [6.07, 6.45) is 3.26. The lowest BCUT2D eigenvalue weighted by atomic mass is 10.2. The van der Waals surface area contributed by atoms with Crippen molar-refractivity contribution < 1.29 is 9.59 Å². The van der Waals surface area contributed by atoms with Gasteiger partial charge < -0.3 is 10.6 Å². The van der Waals surface area contributed by atoms with Gasteiger partial charge in [-0.3, -0.25) is 9.59 Å². The van der Waals surface area contributed by atoms with E-state index in [2.05, 4.69) is 10.6 Å². The second kappa shape index (κ2) is 10.5. The SMILES string of the molecule is O=C(/C=C/c1ccccc1)Nc1ccc(SCC(=O)Nc2ccccc2Cl)cc1. The van der Waals surface area contributed by atoms with Crippen LogP contribution < -0.4 is 10.6 Å². The van der Waals surface area contributed by atoms with Gasteiger partial charge in [0.05, 0.1) is 16.5 Å². The van der Waals surface area contributed by atoms with Gasteiger partial charge in [0.25, 0.3) is 0 Å². The van der Waals surface area contributed by atoms with Crippen molar-refractivity contribution in [2.45, 2.75) is 4.90 Å². The monoisotopic (exact) mass is 422 g/mol. The van der Waals surface area contributed by atoms with E-state index < -0.39 is 0 Å². The van der Waals surface area contributed by atoms with E-state index in [9.17, 15) is 9.59 Å². The van der Waals surface area contributed by atoms with Crippen molar-refractivity contribution in [1.82, 2.24) is 0 Å². The molecule has 2 N–H and O–H groups in total.